The summed E-state index contributed by atoms with van der Waals surface area (Å²) < 4.78 is 0. The molecule has 0 radical (unpaired) electrons. The molecular weight excluding hydrogens is 356 g/mol. The number of carbonyl (C=O) groups is 1. The van der Waals surface area contributed by atoms with Crippen LogP contribution in [0.4, 0.5) is 5.69 Å². The van der Waals surface area contributed by atoms with Gasteiger partial charge < -0.3 is 5.32 Å². The van der Waals surface area contributed by atoms with Crippen molar-refractivity contribution in [2.24, 2.45) is 0 Å². The molecule has 0 bridgehead atoms. The zero-order valence-electron chi connectivity index (χ0n) is 15.7. The first-order valence-electron chi connectivity index (χ1n) is 8.61. The molecule has 0 saturated carbocycles. The van der Waals surface area contributed by atoms with E-state index in [1.54, 1.807) is 0 Å². The lowest BCUT2D eigenvalue weighted by Gasteiger charge is -2.15. The Kier molecular flexibility index (Phi) is 5.43. The monoisotopic (exact) mass is 376 g/mol. The van der Waals surface area contributed by atoms with Crippen molar-refractivity contribution in [3.8, 4) is 6.07 Å². The lowest BCUT2D eigenvalue weighted by Crippen LogP contribution is -2.23. The van der Waals surface area contributed by atoms with Gasteiger partial charge in [-0.05, 0) is 51.5 Å². The Morgan fingerprint density at radius 3 is 2.59 bits per heavy atom. The highest BCUT2D eigenvalue weighted by Crippen LogP contribution is 2.29. The van der Waals surface area contributed by atoms with Gasteiger partial charge in [-0.15, -0.1) is 0 Å². The zero-order chi connectivity index (χ0) is 19.6. The van der Waals surface area contributed by atoms with Gasteiger partial charge in [0.1, 0.15) is 11.1 Å². The number of carbonyl (C=O) groups excluding carboxylic acids is 1. The molecule has 1 aromatic carbocycles. The molecule has 0 aliphatic carbocycles. The summed E-state index contributed by atoms with van der Waals surface area (Å²) in [5.41, 5.74) is 4.65. The van der Waals surface area contributed by atoms with E-state index in [9.17, 15) is 10.1 Å². The molecule has 0 aliphatic rings. The molecule has 0 fully saturated rings. The van der Waals surface area contributed by atoms with Crippen LogP contribution in [0.15, 0.2) is 41.4 Å². The second kappa shape index (κ2) is 7.77. The molecule has 0 spiro atoms. The van der Waals surface area contributed by atoms with Crippen molar-refractivity contribution < 1.29 is 4.79 Å². The number of thioether (sulfide) groups is 1. The predicted molar refractivity (Wildman–Crippen MR) is 109 cm³/mol. The van der Waals surface area contributed by atoms with Gasteiger partial charge >= 0.3 is 0 Å². The number of anilines is 1. The van der Waals surface area contributed by atoms with E-state index in [2.05, 4.69) is 21.4 Å². The van der Waals surface area contributed by atoms with Gasteiger partial charge in [0.05, 0.1) is 22.0 Å². The number of rotatable bonds is 4. The number of amides is 1. The molecule has 0 saturated heterocycles. The first kappa shape index (κ1) is 18.9. The van der Waals surface area contributed by atoms with Crippen LogP contribution < -0.4 is 5.32 Å². The molecule has 6 heteroatoms. The third kappa shape index (κ3) is 4.09. The average molecular weight is 376 g/mol. The molecule has 27 heavy (non-hydrogen) atoms. The van der Waals surface area contributed by atoms with Crippen LogP contribution in [0.3, 0.4) is 0 Å². The van der Waals surface area contributed by atoms with Gasteiger partial charge in [-0.25, -0.2) is 4.98 Å². The van der Waals surface area contributed by atoms with E-state index >= 15 is 0 Å². The van der Waals surface area contributed by atoms with Gasteiger partial charge in [-0.1, -0.05) is 30.0 Å². The Hall–Kier alpha value is -2.91. The number of hydrogen-bond acceptors (Lipinski definition) is 5. The third-order valence-corrected chi connectivity index (χ3v) is 5.27. The fourth-order valence-electron chi connectivity index (χ4n) is 2.89. The minimum atomic E-state index is -0.405. The first-order valence-corrected chi connectivity index (χ1v) is 9.49. The highest BCUT2D eigenvalue weighted by Gasteiger charge is 2.19. The fraction of sp³-hybridized carbons (Fsp3) is 0.238. The summed E-state index contributed by atoms with van der Waals surface area (Å²) in [6.07, 6.45) is 0. The molecule has 2 heterocycles. The van der Waals surface area contributed by atoms with Crippen LogP contribution in [0.5, 0.6) is 0 Å². The van der Waals surface area contributed by atoms with E-state index in [0.717, 1.165) is 33.5 Å². The number of para-hydroxylation sites is 1. The summed E-state index contributed by atoms with van der Waals surface area (Å²) in [6.45, 7) is 7.48. The summed E-state index contributed by atoms with van der Waals surface area (Å²) in [7, 11) is 0. The van der Waals surface area contributed by atoms with E-state index in [0.29, 0.717) is 10.6 Å². The van der Waals surface area contributed by atoms with Crippen LogP contribution in [0.25, 0.3) is 10.9 Å². The van der Waals surface area contributed by atoms with Crippen molar-refractivity contribution in [3.05, 3.63) is 58.9 Å². The van der Waals surface area contributed by atoms with E-state index < -0.39 is 5.25 Å². The van der Waals surface area contributed by atoms with Crippen molar-refractivity contribution in [3.63, 3.8) is 0 Å². The number of nitrogens with one attached hydrogen (secondary N) is 1. The Morgan fingerprint density at radius 2 is 1.85 bits per heavy atom. The number of nitriles is 1. The summed E-state index contributed by atoms with van der Waals surface area (Å²) in [5, 5.41) is 13.5. The Balaban J connectivity index is 1.85. The van der Waals surface area contributed by atoms with Crippen LogP contribution in [-0.4, -0.2) is 21.1 Å². The van der Waals surface area contributed by atoms with Crippen LogP contribution in [0.1, 0.15) is 29.4 Å². The van der Waals surface area contributed by atoms with Crippen LogP contribution >= 0.6 is 11.8 Å². The molecule has 2 aromatic heterocycles. The average Bonchev–Trinajstić information content (AvgIpc) is 2.61. The molecule has 3 rings (SSSR count). The van der Waals surface area contributed by atoms with Crippen molar-refractivity contribution >= 4 is 34.3 Å². The molecular formula is C21H20N4OS. The molecule has 3 aromatic rings. The smallest absolute Gasteiger partial charge is 0.237 e. The van der Waals surface area contributed by atoms with Crippen molar-refractivity contribution in [1.82, 2.24) is 9.97 Å². The fourth-order valence-corrected chi connectivity index (χ4v) is 3.91. The lowest BCUT2D eigenvalue weighted by molar-refractivity contribution is -0.115. The number of fused-ring (bicyclic) bond motifs is 1. The van der Waals surface area contributed by atoms with Crippen LogP contribution in [-0.2, 0) is 4.79 Å². The maximum atomic E-state index is 12.8. The van der Waals surface area contributed by atoms with Crippen LogP contribution in [0, 0.1) is 32.1 Å². The number of aryl methyl sites for hydroxylation is 3. The largest absolute Gasteiger partial charge is 0.324 e. The Labute approximate surface area is 162 Å². The first-order chi connectivity index (χ1) is 12.9. The summed E-state index contributed by atoms with van der Waals surface area (Å²) in [5.74, 6) is -0.138. The number of aromatic nitrogens is 2. The molecule has 1 unspecified atom stereocenters. The number of pyridine rings is 2. The minimum Gasteiger partial charge on any atom is -0.324 e. The van der Waals surface area contributed by atoms with Crippen LogP contribution in [0.2, 0.25) is 0 Å². The van der Waals surface area contributed by atoms with Gasteiger partial charge in [0.15, 0.2) is 0 Å². The number of hydrogen-bond donors (Lipinski definition) is 1. The molecule has 136 valence electrons. The van der Waals surface area contributed by atoms with E-state index in [1.807, 2.05) is 64.1 Å². The van der Waals surface area contributed by atoms with E-state index in [1.165, 1.54) is 11.8 Å². The maximum Gasteiger partial charge on any atom is 0.237 e. The summed E-state index contributed by atoms with van der Waals surface area (Å²) in [6, 6.07) is 13.6. The Bertz CT molecular complexity index is 1070. The molecule has 1 N–H and O–H groups in total. The van der Waals surface area contributed by atoms with Gasteiger partial charge in [0.25, 0.3) is 0 Å². The highest BCUT2D eigenvalue weighted by molar-refractivity contribution is 8.00. The summed E-state index contributed by atoms with van der Waals surface area (Å²) >= 11 is 1.30. The second-order valence-corrected chi connectivity index (χ2v) is 7.78. The standard InChI is InChI=1S/C21H20N4OS/c1-12-9-13(2)24-21(17(12)11-22)27-15(4)20(26)25-19-10-14(3)23-18-8-6-5-7-16(18)19/h5-10,15H,1-4H3,(H,23,25,26). The minimum absolute atomic E-state index is 0.138. The Morgan fingerprint density at radius 1 is 1.15 bits per heavy atom. The zero-order valence-corrected chi connectivity index (χ0v) is 16.5. The van der Waals surface area contributed by atoms with E-state index in [4.69, 9.17) is 0 Å². The SMILES string of the molecule is Cc1cc(C)c(C#N)c(SC(C)C(=O)Nc2cc(C)nc3ccccc23)n1. The highest BCUT2D eigenvalue weighted by atomic mass is 32.2. The van der Waals surface area contributed by atoms with Crippen molar-refractivity contribution in [2.45, 2.75) is 38.0 Å². The molecule has 1 amide bonds. The summed E-state index contributed by atoms with van der Waals surface area (Å²) in [4.78, 5) is 21.7. The predicted octanol–water partition coefficient (Wildman–Crippen LogP) is 4.55. The number of nitrogens with zero attached hydrogens (tertiary/aromatic N) is 3. The maximum absolute atomic E-state index is 12.8. The topological polar surface area (TPSA) is 78.7 Å². The van der Waals surface area contributed by atoms with E-state index in [-0.39, 0.29) is 5.91 Å². The quantitative estimate of drug-likeness (QED) is 0.676. The molecule has 5 nitrogen and oxygen atoms in total. The normalized spacial score (nSPS) is 11.8. The van der Waals surface area contributed by atoms with Gasteiger partial charge in [-0.2, -0.15) is 5.26 Å². The van der Waals surface area contributed by atoms with Gasteiger partial charge in [0.2, 0.25) is 5.91 Å². The number of benzene rings is 1. The lowest BCUT2D eigenvalue weighted by atomic mass is 10.1. The third-order valence-electron chi connectivity index (χ3n) is 4.18. The molecule has 1 atom stereocenters. The van der Waals surface area contributed by atoms with Crippen molar-refractivity contribution in [2.75, 3.05) is 5.32 Å². The van der Waals surface area contributed by atoms with Gasteiger partial charge in [0, 0.05) is 16.8 Å². The van der Waals surface area contributed by atoms with Crippen molar-refractivity contribution in [1.29, 1.82) is 5.26 Å². The van der Waals surface area contributed by atoms with Gasteiger partial charge in [-0.3, -0.25) is 9.78 Å². The molecule has 0 aliphatic heterocycles. The second-order valence-electron chi connectivity index (χ2n) is 6.45.